The third-order valence-electron chi connectivity index (χ3n) is 4.15. The van der Waals surface area contributed by atoms with E-state index in [0.717, 1.165) is 29.6 Å². The zero-order valence-electron chi connectivity index (χ0n) is 14.1. The molecule has 0 spiro atoms. The van der Waals surface area contributed by atoms with Crippen molar-refractivity contribution in [1.29, 1.82) is 0 Å². The number of amides is 1. The van der Waals surface area contributed by atoms with Crippen LogP contribution < -0.4 is 10.1 Å². The van der Waals surface area contributed by atoms with E-state index in [0.29, 0.717) is 6.54 Å². The highest BCUT2D eigenvalue weighted by molar-refractivity contribution is 5.87. The van der Waals surface area contributed by atoms with Crippen molar-refractivity contribution in [1.82, 2.24) is 9.88 Å². The van der Waals surface area contributed by atoms with Gasteiger partial charge in [0.15, 0.2) is 0 Å². The highest BCUT2D eigenvalue weighted by Gasteiger charge is 2.12. The first kappa shape index (κ1) is 16.1. The van der Waals surface area contributed by atoms with Gasteiger partial charge in [-0.2, -0.15) is 0 Å². The lowest BCUT2D eigenvalue weighted by Gasteiger charge is -2.12. The number of rotatable bonds is 6. The second-order valence-electron chi connectivity index (χ2n) is 5.83. The van der Waals surface area contributed by atoms with Crippen molar-refractivity contribution in [2.24, 2.45) is 0 Å². The van der Waals surface area contributed by atoms with Gasteiger partial charge in [0.1, 0.15) is 5.75 Å². The Labute approximate surface area is 142 Å². The van der Waals surface area contributed by atoms with E-state index in [1.807, 2.05) is 18.2 Å². The number of hydrogen-bond donors (Lipinski definition) is 1. The lowest BCUT2D eigenvalue weighted by molar-refractivity contribution is -0.118. The molecule has 0 aliphatic carbocycles. The highest BCUT2D eigenvalue weighted by atomic mass is 16.5. The summed E-state index contributed by atoms with van der Waals surface area (Å²) in [6, 6.07) is 18.7. The second-order valence-corrected chi connectivity index (χ2v) is 5.83. The Hall–Kier alpha value is -2.75. The molecule has 1 N–H and O–H groups in total. The van der Waals surface area contributed by atoms with Crippen LogP contribution in [-0.2, 0) is 17.8 Å². The number of carbonyl (C=O) groups is 1. The fraction of sp³-hybridized carbons (Fsp3) is 0.250. The maximum Gasteiger partial charge on any atom is 0.216 e. The van der Waals surface area contributed by atoms with Gasteiger partial charge in [-0.05, 0) is 23.8 Å². The number of hydrogen-bond acceptors (Lipinski definition) is 2. The smallest absolute Gasteiger partial charge is 0.216 e. The van der Waals surface area contributed by atoms with Crippen molar-refractivity contribution in [3.05, 3.63) is 65.9 Å². The highest BCUT2D eigenvalue weighted by Crippen LogP contribution is 2.29. The van der Waals surface area contributed by atoms with Crippen molar-refractivity contribution in [2.45, 2.75) is 19.9 Å². The quantitative estimate of drug-likeness (QED) is 0.756. The molecule has 1 heterocycles. The van der Waals surface area contributed by atoms with E-state index in [1.54, 1.807) is 14.0 Å². The summed E-state index contributed by atoms with van der Waals surface area (Å²) in [5, 5.41) is 3.98. The topological polar surface area (TPSA) is 43.3 Å². The van der Waals surface area contributed by atoms with Crippen LogP contribution in [0.5, 0.6) is 5.75 Å². The second kappa shape index (κ2) is 7.21. The number of ether oxygens (including phenoxy) is 1. The van der Waals surface area contributed by atoms with E-state index in [1.165, 1.54) is 11.3 Å². The first-order valence-corrected chi connectivity index (χ1v) is 8.12. The Morgan fingerprint density at radius 3 is 2.62 bits per heavy atom. The van der Waals surface area contributed by atoms with Gasteiger partial charge >= 0.3 is 0 Å². The molecule has 1 aromatic heterocycles. The van der Waals surface area contributed by atoms with Gasteiger partial charge in [0.05, 0.1) is 12.6 Å². The molecule has 3 aromatic rings. The molecule has 3 rings (SSSR count). The van der Waals surface area contributed by atoms with Crippen LogP contribution in [0.4, 0.5) is 0 Å². The fourth-order valence-corrected chi connectivity index (χ4v) is 3.02. The molecule has 0 unspecified atom stereocenters. The number of aromatic nitrogens is 1. The Bertz CT molecular complexity index is 837. The van der Waals surface area contributed by atoms with E-state index >= 15 is 0 Å². The number of nitrogens with one attached hydrogen (secondary N) is 1. The predicted octanol–water partition coefficient (Wildman–Crippen LogP) is 3.38. The van der Waals surface area contributed by atoms with Crippen LogP contribution in [0.25, 0.3) is 10.9 Å². The molecule has 24 heavy (non-hydrogen) atoms. The number of fused-ring (bicyclic) bond motifs is 1. The lowest BCUT2D eigenvalue weighted by atomic mass is 10.2. The van der Waals surface area contributed by atoms with Crippen molar-refractivity contribution < 1.29 is 9.53 Å². The first-order chi connectivity index (χ1) is 11.7. The molecule has 0 bridgehead atoms. The average Bonchev–Trinajstić information content (AvgIpc) is 2.93. The minimum atomic E-state index is -0.00157. The van der Waals surface area contributed by atoms with Crippen LogP contribution in [0.1, 0.15) is 18.2 Å². The number of benzene rings is 2. The summed E-state index contributed by atoms with van der Waals surface area (Å²) >= 11 is 0. The van der Waals surface area contributed by atoms with Crippen LogP contribution >= 0.6 is 0 Å². The number of carbonyl (C=O) groups excluding carboxylic acids is 1. The van der Waals surface area contributed by atoms with E-state index in [4.69, 9.17) is 4.74 Å². The molecule has 0 radical (unpaired) electrons. The molecular formula is C20H22N2O2. The van der Waals surface area contributed by atoms with E-state index in [9.17, 15) is 4.79 Å². The van der Waals surface area contributed by atoms with Crippen molar-refractivity contribution in [3.8, 4) is 5.75 Å². The molecule has 4 heteroatoms. The lowest BCUT2D eigenvalue weighted by Crippen LogP contribution is -2.23. The van der Waals surface area contributed by atoms with Crippen molar-refractivity contribution in [2.75, 3.05) is 13.7 Å². The van der Waals surface area contributed by atoms with Crippen LogP contribution in [0.15, 0.2) is 54.6 Å². The Morgan fingerprint density at radius 2 is 1.92 bits per heavy atom. The maximum absolute atomic E-state index is 11.1. The zero-order valence-corrected chi connectivity index (χ0v) is 14.1. The van der Waals surface area contributed by atoms with E-state index in [2.05, 4.69) is 46.3 Å². The summed E-state index contributed by atoms with van der Waals surface area (Å²) in [7, 11) is 1.69. The summed E-state index contributed by atoms with van der Waals surface area (Å²) in [4.78, 5) is 11.1. The third-order valence-corrected chi connectivity index (χ3v) is 4.15. The first-order valence-electron chi connectivity index (χ1n) is 8.12. The predicted molar refractivity (Wildman–Crippen MR) is 96.4 cm³/mol. The summed E-state index contributed by atoms with van der Waals surface area (Å²) in [6.45, 7) is 2.97. The molecule has 0 saturated carbocycles. The molecule has 0 aliphatic heterocycles. The van der Waals surface area contributed by atoms with Gasteiger partial charge in [-0.1, -0.05) is 36.4 Å². The molecule has 1 amide bonds. The largest absolute Gasteiger partial charge is 0.496 e. The monoisotopic (exact) mass is 322 g/mol. The van der Waals surface area contributed by atoms with E-state index in [-0.39, 0.29) is 5.91 Å². The summed E-state index contributed by atoms with van der Waals surface area (Å²) < 4.78 is 7.81. The third kappa shape index (κ3) is 3.43. The number of nitrogens with zero attached hydrogens (tertiary/aromatic N) is 1. The minimum Gasteiger partial charge on any atom is -0.496 e. The van der Waals surface area contributed by atoms with E-state index < -0.39 is 0 Å². The van der Waals surface area contributed by atoms with Gasteiger partial charge in [0, 0.05) is 37.5 Å². The molecular weight excluding hydrogens is 300 g/mol. The molecule has 0 fully saturated rings. The SMILES string of the molecule is COc1cccc2c1cc(CCNC(C)=O)n2Cc1ccccc1. The van der Waals surface area contributed by atoms with Crippen molar-refractivity contribution >= 4 is 16.8 Å². The standard InChI is InChI=1S/C20H22N2O2/c1-15(23)21-12-11-17-13-18-19(9-6-10-20(18)24-2)22(17)14-16-7-4-3-5-8-16/h3-10,13H,11-12,14H2,1-2H3,(H,21,23). The molecule has 0 atom stereocenters. The average molecular weight is 322 g/mol. The summed E-state index contributed by atoms with van der Waals surface area (Å²) in [6.07, 6.45) is 0.782. The van der Waals surface area contributed by atoms with Gasteiger partial charge in [-0.15, -0.1) is 0 Å². The zero-order chi connectivity index (χ0) is 16.9. The van der Waals surface area contributed by atoms with Gasteiger partial charge in [-0.25, -0.2) is 0 Å². The summed E-state index contributed by atoms with van der Waals surface area (Å²) in [5.41, 5.74) is 3.58. The fourth-order valence-electron chi connectivity index (χ4n) is 3.02. The van der Waals surface area contributed by atoms with Gasteiger partial charge in [0.25, 0.3) is 0 Å². The van der Waals surface area contributed by atoms with Crippen LogP contribution in [-0.4, -0.2) is 24.1 Å². The van der Waals surface area contributed by atoms with Crippen LogP contribution in [0.2, 0.25) is 0 Å². The van der Waals surface area contributed by atoms with Gasteiger partial charge in [-0.3, -0.25) is 4.79 Å². The Balaban J connectivity index is 2.00. The van der Waals surface area contributed by atoms with Crippen LogP contribution in [0, 0.1) is 0 Å². The molecule has 4 nitrogen and oxygen atoms in total. The normalized spacial score (nSPS) is 10.8. The summed E-state index contributed by atoms with van der Waals surface area (Å²) in [5.74, 6) is 0.874. The van der Waals surface area contributed by atoms with Gasteiger partial charge in [0.2, 0.25) is 5.91 Å². The Kier molecular flexibility index (Phi) is 4.85. The maximum atomic E-state index is 11.1. The molecule has 2 aromatic carbocycles. The minimum absolute atomic E-state index is 0.00157. The van der Waals surface area contributed by atoms with Crippen molar-refractivity contribution in [3.63, 3.8) is 0 Å². The molecule has 0 aliphatic rings. The van der Waals surface area contributed by atoms with Gasteiger partial charge < -0.3 is 14.6 Å². The Morgan fingerprint density at radius 1 is 1.12 bits per heavy atom. The molecule has 0 saturated heterocycles. The van der Waals surface area contributed by atoms with Crippen LogP contribution in [0.3, 0.4) is 0 Å². The number of methoxy groups -OCH3 is 1. The molecule has 124 valence electrons.